The summed E-state index contributed by atoms with van der Waals surface area (Å²) in [5.74, 6) is 2.80. The molecule has 0 spiro atoms. The topological polar surface area (TPSA) is 29.5 Å². The van der Waals surface area contributed by atoms with Crippen LogP contribution in [0.15, 0.2) is 36.4 Å². The Balaban J connectivity index is 2.00. The number of carbonyl (C=O) groups is 1. The number of hydrogen-bond donors (Lipinski definition) is 0. The van der Waals surface area contributed by atoms with Crippen LogP contribution >= 0.6 is 0 Å². The van der Waals surface area contributed by atoms with Crippen LogP contribution in [0.5, 0.6) is 5.75 Å². The predicted octanol–water partition coefficient (Wildman–Crippen LogP) is 3.30. The van der Waals surface area contributed by atoms with Gasteiger partial charge >= 0.3 is 0 Å². The summed E-state index contributed by atoms with van der Waals surface area (Å²) in [4.78, 5) is 13.8. The van der Waals surface area contributed by atoms with Crippen molar-refractivity contribution < 1.29 is 13.9 Å². The van der Waals surface area contributed by atoms with Crippen molar-refractivity contribution in [3.05, 3.63) is 58.9 Å². The van der Waals surface area contributed by atoms with Gasteiger partial charge in [-0.1, -0.05) is 18.1 Å². The molecule has 1 amide bonds. The minimum atomic E-state index is -0.416. The second kappa shape index (κ2) is 6.13. The van der Waals surface area contributed by atoms with Crippen LogP contribution < -0.4 is 9.64 Å². The molecule has 1 heterocycles. The third kappa shape index (κ3) is 2.78. The molecular weight excluding hydrogens is 293 g/mol. The third-order valence-electron chi connectivity index (χ3n) is 4.05. The number of carbonyl (C=O) groups excluding carboxylic acids is 1. The highest BCUT2D eigenvalue weighted by Crippen LogP contribution is 2.34. The number of amides is 1. The van der Waals surface area contributed by atoms with E-state index in [9.17, 15) is 9.18 Å². The number of rotatable bonds is 3. The maximum Gasteiger partial charge on any atom is 0.227 e. The van der Waals surface area contributed by atoms with Gasteiger partial charge < -0.3 is 9.64 Å². The maximum atomic E-state index is 14.4. The Morgan fingerprint density at radius 2 is 1.96 bits per heavy atom. The summed E-state index contributed by atoms with van der Waals surface area (Å²) < 4.78 is 19.5. The molecule has 2 aromatic carbocycles. The average Bonchev–Trinajstić information content (AvgIpc) is 2.58. The van der Waals surface area contributed by atoms with Crippen molar-refractivity contribution in [2.24, 2.45) is 0 Å². The van der Waals surface area contributed by atoms with E-state index in [1.54, 1.807) is 13.2 Å². The molecule has 0 fully saturated rings. The van der Waals surface area contributed by atoms with Crippen LogP contribution in [0.4, 0.5) is 10.1 Å². The molecular formula is C19H16FNO2. The summed E-state index contributed by atoms with van der Waals surface area (Å²) in [6, 6.07) is 10.3. The van der Waals surface area contributed by atoms with Gasteiger partial charge in [0.25, 0.3) is 0 Å². The van der Waals surface area contributed by atoms with Gasteiger partial charge in [0.05, 0.1) is 19.3 Å². The highest BCUT2D eigenvalue weighted by Gasteiger charge is 2.28. The van der Waals surface area contributed by atoms with Crippen molar-refractivity contribution in [2.75, 3.05) is 12.0 Å². The number of terminal acetylenes is 1. The lowest BCUT2D eigenvalue weighted by Gasteiger charge is -2.30. The number of fused-ring (bicyclic) bond motifs is 1. The number of ether oxygens (including phenoxy) is 1. The van der Waals surface area contributed by atoms with Crippen molar-refractivity contribution in [3.63, 3.8) is 0 Å². The van der Waals surface area contributed by atoms with Gasteiger partial charge in [-0.3, -0.25) is 4.79 Å². The van der Waals surface area contributed by atoms with Crippen LogP contribution in [-0.2, 0) is 17.8 Å². The summed E-state index contributed by atoms with van der Waals surface area (Å²) in [5.41, 5.74) is 2.60. The lowest BCUT2D eigenvalue weighted by molar-refractivity contribution is -0.119. The summed E-state index contributed by atoms with van der Waals surface area (Å²) in [6.45, 7) is 0.306. The van der Waals surface area contributed by atoms with Crippen LogP contribution in [0.1, 0.15) is 23.1 Å². The zero-order valence-electron chi connectivity index (χ0n) is 12.8. The highest BCUT2D eigenvalue weighted by atomic mass is 19.1. The van der Waals surface area contributed by atoms with Crippen molar-refractivity contribution in [2.45, 2.75) is 19.4 Å². The molecule has 0 atom stereocenters. The first kappa shape index (κ1) is 15.1. The van der Waals surface area contributed by atoms with Gasteiger partial charge in [0.15, 0.2) is 0 Å². The molecule has 0 N–H and O–H groups in total. The van der Waals surface area contributed by atoms with Crippen molar-refractivity contribution >= 4 is 11.6 Å². The SMILES string of the molecule is C#Cc1ccc(F)c2c1CCC(=O)N2Cc1ccc(OC)cc1. The molecule has 2 aromatic rings. The van der Waals surface area contributed by atoms with E-state index < -0.39 is 5.82 Å². The first-order valence-electron chi connectivity index (χ1n) is 7.35. The van der Waals surface area contributed by atoms with Crippen molar-refractivity contribution in [1.82, 2.24) is 0 Å². The van der Waals surface area contributed by atoms with E-state index in [0.29, 0.717) is 30.6 Å². The number of halogens is 1. The van der Waals surface area contributed by atoms with Gasteiger partial charge in [-0.2, -0.15) is 0 Å². The van der Waals surface area contributed by atoms with E-state index in [1.165, 1.54) is 11.0 Å². The highest BCUT2D eigenvalue weighted by molar-refractivity contribution is 5.97. The summed E-state index contributed by atoms with van der Waals surface area (Å²) in [6.07, 6.45) is 6.31. The minimum Gasteiger partial charge on any atom is -0.497 e. The van der Waals surface area contributed by atoms with Crippen LogP contribution in [0.3, 0.4) is 0 Å². The monoisotopic (exact) mass is 309 g/mol. The molecule has 3 rings (SSSR count). The Bertz CT molecular complexity index is 790. The Hall–Kier alpha value is -2.80. The standard InChI is InChI=1S/C19H16FNO2/c1-3-14-6-10-17(20)19-16(14)9-11-18(22)21(19)12-13-4-7-15(23-2)8-5-13/h1,4-8,10H,9,11-12H2,2H3. The number of anilines is 1. The number of methoxy groups -OCH3 is 1. The first-order chi connectivity index (χ1) is 11.1. The fourth-order valence-corrected chi connectivity index (χ4v) is 2.86. The molecule has 3 nitrogen and oxygen atoms in total. The molecule has 1 aliphatic heterocycles. The number of benzene rings is 2. The van der Waals surface area contributed by atoms with Gasteiger partial charge in [-0.05, 0) is 41.8 Å². The predicted molar refractivity (Wildman–Crippen MR) is 86.8 cm³/mol. The van der Waals surface area contributed by atoms with Crippen LogP contribution in [0.25, 0.3) is 0 Å². The molecule has 0 saturated carbocycles. The summed E-state index contributed by atoms with van der Waals surface area (Å²) in [7, 11) is 1.59. The van der Waals surface area contributed by atoms with E-state index in [4.69, 9.17) is 11.2 Å². The first-order valence-corrected chi connectivity index (χ1v) is 7.35. The lowest BCUT2D eigenvalue weighted by atomic mass is 9.95. The smallest absolute Gasteiger partial charge is 0.227 e. The number of nitrogens with zero attached hydrogens (tertiary/aromatic N) is 1. The van der Waals surface area contributed by atoms with E-state index in [-0.39, 0.29) is 5.91 Å². The second-order valence-electron chi connectivity index (χ2n) is 5.39. The fraction of sp³-hybridized carbons (Fsp3) is 0.211. The van der Waals surface area contributed by atoms with Gasteiger partial charge in [0.2, 0.25) is 5.91 Å². The van der Waals surface area contributed by atoms with Gasteiger partial charge in [0.1, 0.15) is 11.6 Å². The molecule has 0 saturated heterocycles. The van der Waals surface area contributed by atoms with Crippen LogP contribution in [0.2, 0.25) is 0 Å². The zero-order chi connectivity index (χ0) is 16.4. The molecule has 0 aromatic heterocycles. The quantitative estimate of drug-likeness (QED) is 0.814. The second-order valence-corrected chi connectivity index (χ2v) is 5.39. The van der Waals surface area contributed by atoms with E-state index >= 15 is 0 Å². The fourth-order valence-electron chi connectivity index (χ4n) is 2.86. The Kier molecular flexibility index (Phi) is 4.03. The Labute approximate surface area is 134 Å². The molecule has 0 unspecified atom stereocenters. The third-order valence-corrected chi connectivity index (χ3v) is 4.05. The van der Waals surface area contributed by atoms with Crippen LogP contribution in [-0.4, -0.2) is 13.0 Å². The molecule has 1 aliphatic rings. The zero-order valence-corrected chi connectivity index (χ0v) is 12.8. The van der Waals surface area contributed by atoms with Gasteiger partial charge in [0, 0.05) is 12.0 Å². The van der Waals surface area contributed by atoms with Gasteiger partial charge in [-0.25, -0.2) is 4.39 Å². The maximum absolute atomic E-state index is 14.4. The largest absolute Gasteiger partial charge is 0.497 e. The average molecular weight is 309 g/mol. The molecule has 0 bridgehead atoms. The summed E-state index contributed by atoms with van der Waals surface area (Å²) in [5, 5.41) is 0. The van der Waals surface area contributed by atoms with Crippen molar-refractivity contribution in [1.29, 1.82) is 0 Å². The lowest BCUT2D eigenvalue weighted by Crippen LogP contribution is -2.35. The van der Waals surface area contributed by atoms with Gasteiger partial charge in [-0.15, -0.1) is 6.42 Å². The van der Waals surface area contributed by atoms with E-state index in [1.807, 2.05) is 24.3 Å². The molecule has 23 heavy (non-hydrogen) atoms. The van der Waals surface area contributed by atoms with Crippen LogP contribution in [0, 0.1) is 18.2 Å². The molecule has 0 aliphatic carbocycles. The minimum absolute atomic E-state index is 0.0959. The van der Waals surface area contributed by atoms with Crippen molar-refractivity contribution in [3.8, 4) is 18.1 Å². The Morgan fingerprint density at radius 3 is 2.61 bits per heavy atom. The summed E-state index contributed by atoms with van der Waals surface area (Å²) >= 11 is 0. The molecule has 116 valence electrons. The molecule has 4 heteroatoms. The van der Waals surface area contributed by atoms with E-state index in [0.717, 1.165) is 16.9 Å². The number of hydrogen-bond acceptors (Lipinski definition) is 2. The molecule has 0 radical (unpaired) electrons. The Morgan fingerprint density at radius 1 is 1.22 bits per heavy atom. The normalized spacial score (nSPS) is 13.4. The van der Waals surface area contributed by atoms with E-state index in [2.05, 4.69) is 5.92 Å².